The number of hydrogen-bond donors (Lipinski definition) is 1. The van der Waals surface area contributed by atoms with E-state index in [0.717, 1.165) is 28.9 Å². The van der Waals surface area contributed by atoms with Crippen molar-refractivity contribution in [2.75, 3.05) is 30.9 Å². The Kier molecular flexibility index (Phi) is 6.17. The summed E-state index contributed by atoms with van der Waals surface area (Å²) >= 11 is 0. The zero-order chi connectivity index (χ0) is 24.5. The molecule has 1 fully saturated rings. The van der Waals surface area contributed by atoms with Crippen molar-refractivity contribution in [2.45, 2.75) is 38.6 Å². The summed E-state index contributed by atoms with van der Waals surface area (Å²) in [5.41, 5.74) is 4.89. The molecule has 0 bridgehead atoms. The van der Waals surface area contributed by atoms with Crippen molar-refractivity contribution >= 4 is 28.9 Å². The molecule has 0 radical (unpaired) electrons. The van der Waals surface area contributed by atoms with Gasteiger partial charge in [-0.3, -0.25) is 4.79 Å². The molecule has 5 heterocycles. The lowest BCUT2D eigenvalue weighted by Gasteiger charge is -2.34. The average Bonchev–Trinajstić information content (AvgIpc) is 3.28. The van der Waals surface area contributed by atoms with Gasteiger partial charge in [-0.05, 0) is 56.8 Å². The minimum atomic E-state index is 0.129. The molecule has 9 nitrogen and oxygen atoms in total. The third kappa shape index (κ3) is 4.72. The summed E-state index contributed by atoms with van der Waals surface area (Å²) in [7, 11) is 4.04. The van der Waals surface area contributed by atoms with Crippen LogP contribution in [0.2, 0.25) is 0 Å². The molecular weight excluding hydrogens is 440 g/mol. The molecule has 1 N–H and O–H groups in total. The van der Waals surface area contributed by atoms with Gasteiger partial charge in [-0.25, -0.2) is 19.5 Å². The Morgan fingerprint density at radius 2 is 1.97 bits per heavy atom. The van der Waals surface area contributed by atoms with Crippen LogP contribution in [0.1, 0.15) is 38.2 Å². The van der Waals surface area contributed by atoms with Crippen molar-refractivity contribution in [3.63, 3.8) is 0 Å². The molecule has 0 spiro atoms. The molecule has 1 aliphatic heterocycles. The van der Waals surface area contributed by atoms with E-state index < -0.39 is 0 Å². The fraction of sp³-hybridized carbons (Fsp3) is 0.346. The fourth-order valence-electron chi connectivity index (χ4n) is 4.45. The van der Waals surface area contributed by atoms with Crippen LogP contribution in [0, 0.1) is 0 Å². The van der Waals surface area contributed by atoms with E-state index >= 15 is 0 Å². The summed E-state index contributed by atoms with van der Waals surface area (Å²) in [6, 6.07) is 10.1. The Morgan fingerprint density at radius 1 is 1.11 bits per heavy atom. The molecule has 0 aromatic carbocycles. The molecule has 9 heteroatoms. The maximum Gasteiger partial charge on any atom is 0.228 e. The largest absolute Gasteiger partial charge is 0.311 e. The second-order valence-corrected chi connectivity index (χ2v) is 9.45. The number of amides is 1. The number of nitrogens with one attached hydrogen (secondary N) is 1. The second kappa shape index (κ2) is 9.42. The van der Waals surface area contributed by atoms with Gasteiger partial charge in [0.1, 0.15) is 5.82 Å². The van der Waals surface area contributed by atoms with Gasteiger partial charge < -0.3 is 15.1 Å². The highest BCUT2D eigenvalue weighted by Gasteiger charge is 2.28. The van der Waals surface area contributed by atoms with E-state index in [1.165, 1.54) is 5.56 Å². The predicted octanol–water partition coefficient (Wildman–Crippen LogP) is 4.11. The molecule has 1 saturated heterocycles. The number of hydrogen-bond acceptors (Lipinski definition) is 7. The van der Waals surface area contributed by atoms with Crippen LogP contribution < -0.4 is 10.2 Å². The number of anilines is 3. The van der Waals surface area contributed by atoms with Gasteiger partial charge in [0.25, 0.3) is 0 Å². The molecule has 1 amide bonds. The third-order valence-corrected chi connectivity index (χ3v) is 6.55. The number of rotatable bonds is 6. The number of fused-ring (bicyclic) bond motifs is 1. The smallest absolute Gasteiger partial charge is 0.228 e. The summed E-state index contributed by atoms with van der Waals surface area (Å²) in [5.74, 6) is 1.59. The van der Waals surface area contributed by atoms with E-state index in [2.05, 4.69) is 45.2 Å². The monoisotopic (exact) mass is 470 g/mol. The van der Waals surface area contributed by atoms with Gasteiger partial charge in [-0.2, -0.15) is 5.10 Å². The summed E-state index contributed by atoms with van der Waals surface area (Å²) in [4.78, 5) is 30.1. The Labute approximate surface area is 204 Å². The highest BCUT2D eigenvalue weighted by atomic mass is 16.2. The standard InChI is InChI=1S/C26H30N8O/c1-17(2)21-16-29-34-12-8-18(13-23(21)34)22-7-10-27-26(30-22)31-24-6-5-20(15-28-24)33-11-9-19(32(3)4)14-25(33)35/h5-8,10,12-13,15-17,19H,9,11,14H2,1-4H3,(H,27,28,30,31)/t19-/m1/s1. The van der Waals surface area contributed by atoms with Crippen LogP contribution in [-0.4, -0.2) is 62.1 Å². The quantitative estimate of drug-likeness (QED) is 0.453. The molecule has 4 aromatic rings. The lowest BCUT2D eigenvalue weighted by atomic mass is 10.0. The first-order valence-corrected chi connectivity index (χ1v) is 11.9. The van der Waals surface area contributed by atoms with Gasteiger partial charge >= 0.3 is 0 Å². The summed E-state index contributed by atoms with van der Waals surface area (Å²) < 4.78 is 1.89. The van der Waals surface area contributed by atoms with Gasteiger partial charge in [-0.15, -0.1) is 0 Å². The minimum absolute atomic E-state index is 0.129. The Balaban J connectivity index is 1.32. The van der Waals surface area contributed by atoms with Crippen LogP contribution in [0.5, 0.6) is 0 Å². The topological polar surface area (TPSA) is 91.6 Å². The number of nitrogens with zero attached hydrogens (tertiary/aromatic N) is 7. The van der Waals surface area contributed by atoms with E-state index in [4.69, 9.17) is 4.98 Å². The van der Waals surface area contributed by atoms with Crippen molar-refractivity contribution < 1.29 is 4.79 Å². The highest BCUT2D eigenvalue weighted by Crippen LogP contribution is 2.26. The van der Waals surface area contributed by atoms with Gasteiger partial charge in [0.05, 0.1) is 29.3 Å². The van der Waals surface area contributed by atoms with E-state index in [1.807, 2.05) is 60.2 Å². The fourth-order valence-corrected chi connectivity index (χ4v) is 4.45. The van der Waals surface area contributed by atoms with Crippen molar-refractivity contribution in [2.24, 2.45) is 0 Å². The van der Waals surface area contributed by atoms with E-state index in [-0.39, 0.29) is 5.91 Å². The molecule has 35 heavy (non-hydrogen) atoms. The Hall–Kier alpha value is -3.85. The van der Waals surface area contributed by atoms with Crippen molar-refractivity contribution in [1.29, 1.82) is 0 Å². The number of piperidine rings is 1. The number of aromatic nitrogens is 5. The van der Waals surface area contributed by atoms with Crippen LogP contribution in [0.25, 0.3) is 16.8 Å². The van der Waals surface area contributed by atoms with Gasteiger partial charge in [-0.1, -0.05) is 13.8 Å². The van der Waals surface area contributed by atoms with Gasteiger partial charge in [0.2, 0.25) is 11.9 Å². The second-order valence-electron chi connectivity index (χ2n) is 9.45. The Morgan fingerprint density at radius 3 is 2.69 bits per heavy atom. The Bertz CT molecular complexity index is 1350. The SMILES string of the molecule is CC(C)c1cnn2ccc(-c3ccnc(Nc4ccc(N5CC[C@@H](N(C)C)CC5=O)cn4)n3)cc12. The molecule has 0 unspecified atom stereocenters. The van der Waals surface area contributed by atoms with E-state index in [0.29, 0.717) is 36.7 Å². The molecule has 0 saturated carbocycles. The molecule has 0 aliphatic carbocycles. The van der Waals surface area contributed by atoms with Gasteiger partial charge in [0, 0.05) is 42.5 Å². The lowest BCUT2D eigenvalue weighted by Crippen LogP contribution is -2.45. The zero-order valence-electron chi connectivity index (χ0n) is 20.5. The first kappa shape index (κ1) is 22.9. The number of pyridine rings is 2. The van der Waals surface area contributed by atoms with E-state index in [9.17, 15) is 4.79 Å². The molecule has 5 rings (SSSR count). The van der Waals surface area contributed by atoms with Crippen LogP contribution in [-0.2, 0) is 4.79 Å². The van der Waals surface area contributed by atoms with Crippen LogP contribution in [0.4, 0.5) is 17.5 Å². The summed E-state index contributed by atoms with van der Waals surface area (Å²) in [5, 5.41) is 7.62. The predicted molar refractivity (Wildman–Crippen MR) is 137 cm³/mol. The maximum atomic E-state index is 12.6. The normalized spacial score (nSPS) is 16.5. The minimum Gasteiger partial charge on any atom is -0.311 e. The molecule has 4 aromatic heterocycles. The van der Waals surface area contributed by atoms with Crippen molar-refractivity contribution in [1.82, 2.24) is 29.5 Å². The van der Waals surface area contributed by atoms with Crippen molar-refractivity contribution in [3.8, 4) is 11.3 Å². The number of carbonyl (C=O) groups is 1. The summed E-state index contributed by atoms with van der Waals surface area (Å²) in [6.45, 7) is 5.02. The summed E-state index contributed by atoms with van der Waals surface area (Å²) in [6.07, 6.45) is 8.80. The first-order chi connectivity index (χ1) is 16.9. The molecule has 180 valence electrons. The van der Waals surface area contributed by atoms with Crippen LogP contribution >= 0.6 is 0 Å². The maximum absolute atomic E-state index is 12.6. The van der Waals surface area contributed by atoms with Crippen LogP contribution in [0.15, 0.2) is 55.1 Å². The molecule has 1 atom stereocenters. The average molecular weight is 471 g/mol. The third-order valence-electron chi connectivity index (χ3n) is 6.55. The number of carbonyl (C=O) groups excluding carboxylic acids is 1. The first-order valence-electron chi connectivity index (χ1n) is 11.9. The van der Waals surface area contributed by atoms with Gasteiger partial charge in [0.15, 0.2) is 0 Å². The molecular formula is C26H30N8O. The van der Waals surface area contributed by atoms with E-state index in [1.54, 1.807) is 12.4 Å². The highest BCUT2D eigenvalue weighted by molar-refractivity contribution is 5.94. The lowest BCUT2D eigenvalue weighted by molar-refractivity contribution is -0.120. The molecule has 1 aliphatic rings. The van der Waals surface area contributed by atoms with Crippen LogP contribution in [0.3, 0.4) is 0 Å². The zero-order valence-corrected chi connectivity index (χ0v) is 20.5. The van der Waals surface area contributed by atoms with Crippen molar-refractivity contribution in [3.05, 3.63) is 60.7 Å².